The Morgan fingerprint density at radius 1 is 1.55 bits per heavy atom. The predicted molar refractivity (Wildman–Crippen MR) is 43.9 cm³/mol. The zero-order valence-corrected chi connectivity index (χ0v) is 6.87. The van der Waals surface area contributed by atoms with Crippen LogP contribution in [0.3, 0.4) is 0 Å². The van der Waals surface area contributed by atoms with E-state index in [4.69, 9.17) is 0 Å². The van der Waals surface area contributed by atoms with Crippen LogP contribution in [0.25, 0.3) is 0 Å². The number of amides is 1. The minimum absolute atomic E-state index is 0.146. The minimum Gasteiger partial charge on any atom is -0.316 e. The standard InChI is InChI=1S/C5H3BrN4O/c6-3-2-4(10-9-3)7-1-8-5(2)11/h1-2H,(H,7,8,10,11). The number of hydrogen-bond acceptors (Lipinski definition) is 4. The molecule has 0 spiro atoms. The first-order valence-electron chi connectivity index (χ1n) is 2.93. The van der Waals surface area contributed by atoms with Crippen LogP contribution in [-0.4, -0.2) is 22.7 Å². The van der Waals surface area contributed by atoms with Crippen LogP contribution >= 0.6 is 15.9 Å². The number of fused-ring (bicyclic) bond motifs is 1. The van der Waals surface area contributed by atoms with Crippen molar-refractivity contribution in [3.63, 3.8) is 0 Å². The summed E-state index contributed by atoms with van der Waals surface area (Å²) in [7, 11) is 0. The highest BCUT2D eigenvalue weighted by Crippen LogP contribution is 2.18. The van der Waals surface area contributed by atoms with Gasteiger partial charge in [-0.2, -0.15) is 0 Å². The van der Waals surface area contributed by atoms with Gasteiger partial charge in [0.2, 0.25) is 5.91 Å². The summed E-state index contributed by atoms with van der Waals surface area (Å²) in [6, 6.07) is 0. The second-order valence-corrected chi connectivity index (χ2v) is 2.89. The first-order valence-corrected chi connectivity index (χ1v) is 3.72. The van der Waals surface area contributed by atoms with E-state index >= 15 is 0 Å². The zero-order valence-electron chi connectivity index (χ0n) is 5.28. The fraction of sp³-hybridized carbons (Fsp3) is 0.200. The summed E-state index contributed by atoms with van der Waals surface area (Å²) in [4.78, 5) is 14.9. The van der Waals surface area contributed by atoms with Gasteiger partial charge in [0.05, 0.1) is 6.34 Å². The number of amidine groups is 1. The molecule has 2 rings (SSSR count). The highest BCUT2D eigenvalue weighted by molar-refractivity contribution is 9.18. The van der Waals surface area contributed by atoms with Gasteiger partial charge < -0.3 is 5.32 Å². The van der Waals surface area contributed by atoms with Crippen molar-refractivity contribution >= 4 is 38.6 Å². The molecule has 0 radical (unpaired) electrons. The summed E-state index contributed by atoms with van der Waals surface area (Å²) in [5.41, 5.74) is 0. The highest BCUT2D eigenvalue weighted by Gasteiger charge is 2.34. The maximum atomic E-state index is 11.1. The van der Waals surface area contributed by atoms with E-state index in [1.807, 2.05) is 0 Å². The molecule has 0 aromatic carbocycles. The average molecular weight is 215 g/mol. The number of hydrogen-bond donors (Lipinski definition) is 1. The van der Waals surface area contributed by atoms with Crippen molar-refractivity contribution in [2.45, 2.75) is 0 Å². The molecule has 1 atom stereocenters. The van der Waals surface area contributed by atoms with Crippen molar-refractivity contribution in [3.8, 4) is 0 Å². The maximum Gasteiger partial charge on any atom is 0.242 e. The Bertz CT molecular complexity index is 306. The van der Waals surface area contributed by atoms with E-state index < -0.39 is 5.92 Å². The van der Waals surface area contributed by atoms with Crippen LogP contribution in [0.2, 0.25) is 0 Å². The number of aliphatic imine (C=N–C) groups is 1. The van der Waals surface area contributed by atoms with Crippen LogP contribution in [0.1, 0.15) is 0 Å². The lowest BCUT2D eigenvalue weighted by Crippen LogP contribution is -2.39. The topological polar surface area (TPSA) is 66.2 Å². The van der Waals surface area contributed by atoms with Crippen molar-refractivity contribution in [3.05, 3.63) is 0 Å². The molecule has 2 aliphatic heterocycles. The van der Waals surface area contributed by atoms with Gasteiger partial charge in [-0.1, -0.05) is 0 Å². The van der Waals surface area contributed by atoms with Crippen molar-refractivity contribution in [1.82, 2.24) is 5.32 Å². The molecule has 1 amide bonds. The van der Waals surface area contributed by atoms with Gasteiger partial charge in [-0.15, -0.1) is 10.2 Å². The summed E-state index contributed by atoms with van der Waals surface area (Å²) < 4.78 is 0.516. The second kappa shape index (κ2) is 2.23. The van der Waals surface area contributed by atoms with Gasteiger partial charge in [-0.3, -0.25) is 4.79 Å². The van der Waals surface area contributed by atoms with E-state index in [-0.39, 0.29) is 5.91 Å². The van der Waals surface area contributed by atoms with Crippen LogP contribution in [0.15, 0.2) is 15.2 Å². The number of rotatable bonds is 0. The lowest BCUT2D eigenvalue weighted by atomic mass is 10.1. The molecule has 0 bridgehead atoms. The maximum absolute atomic E-state index is 11.1. The quantitative estimate of drug-likeness (QED) is 0.601. The Kier molecular flexibility index (Phi) is 1.35. The molecule has 56 valence electrons. The van der Waals surface area contributed by atoms with E-state index in [0.29, 0.717) is 10.5 Å². The first kappa shape index (κ1) is 6.66. The number of carbonyl (C=O) groups excluding carboxylic acids is 1. The SMILES string of the molecule is O=C1NC=NC2=NN=C(Br)C12. The van der Waals surface area contributed by atoms with E-state index in [2.05, 4.69) is 36.4 Å². The lowest BCUT2D eigenvalue weighted by Gasteiger charge is -2.11. The Morgan fingerprint density at radius 2 is 2.36 bits per heavy atom. The molecule has 2 aliphatic rings. The summed E-state index contributed by atoms with van der Waals surface area (Å²) in [6.45, 7) is 0. The second-order valence-electron chi connectivity index (χ2n) is 2.08. The van der Waals surface area contributed by atoms with Gasteiger partial charge in [0.25, 0.3) is 0 Å². The lowest BCUT2D eigenvalue weighted by molar-refractivity contribution is -0.120. The van der Waals surface area contributed by atoms with Crippen LogP contribution in [0, 0.1) is 5.92 Å². The molecule has 5 nitrogen and oxygen atoms in total. The van der Waals surface area contributed by atoms with Gasteiger partial charge in [-0.25, -0.2) is 4.99 Å². The third kappa shape index (κ3) is 0.900. The molecule has 1 N–H and O–H groups in total. The summed E-state index contributed by atoms with van der Waals surface area (Å²) in [5, 5.41) is 9.83. The largest absolute Gasteiger partial charge is 0.316 e. The molecule has 0 saturated carbocycles. The van der Waals surface area contributed by atoms with E-state index in [0.717, 1.165) is 0 Å². The molecule has 6 heteroatoms. The fourth-order valence-electron chi connectivity index (χ4n) is 0.892. The molecular formula is C5H3BrN4O. The molecule has 0 saturated heterocycles. The molecule has 1 unspecified atom stereocenters. The third-order valence-electron chi connectivity index (χ3n) is 1.41. The zero-order chi connectivity index (χ0) is 7.84. The van der Waals surface area contributed by atoms with E-state index in [1.165, 1.54) is 6.34 Å². The van der Waals surface area contributed by atoms with Crippen LogP contribution in [-0.2, 0) is 4.79 Å². The Labute approximate surface area is 70.4 Å². The number of carbonyl (C=O) groups is 1. The van der Waals surface area contributed by atoms with Gasteiger partial charge in [-0.05, 0) is 15.9 Å². The molecular weight excluding hydrogens is 212 g/mol. The van der Waals surface area contributed by atoms with Crippen molar-refractivity contribution in [1.29, 1.82) is 0 Å². The fourth-order valence-corrected chi connectivity index (χ4v) is 1.38. The number of nitrogens with zero attached hydrogens (tertiary/aromatic N) is 3. The molecule has 0 aliphatic carbocycles. The summed E-state index contributed by atoms with van der Waals surface area (Å²) >= 11 is 3.12. The van der Waals surface area contributed by atoms with Crippen molar-refractivity contribution in [2.75, 3.05) is 0 Å². The Balaban J connectivity index is 2.42. The Morgan fingerprint density at radius 3 is 3.09 bits per heavy atom. The normalized spacial score (nSPS) is 27.4. The highest BCUT2D eigenvalue weighted by atomic mass is 79.9. The summed E-state index contributed by atoms with van der Waals surface area (Å²) in [6.07, 6.45) is 1.32. The number of halogens is 1. The van der Waals surface area contributed by atoms with Crippen LogP contribution < -0.4 is 5.32 Å². The molecule has 11 heavy (non-hydrogen) atoms. The van der Waals surface area contributed by atoms with Crippen LogP contribution in [0.5, 0.6) is 0 Å². The predicted octanol–water partition coefficient (Wildman–Crippen LogP) is -0.119. The van der Waals surface area contributed by atoms with Crippen LogP contribution in [0.4, 0.5) is 0 Å². The van der Waals surface area contributed by atoms with Crippen molar-refractivity contribution < 1.29 is 4.79 Å². The molecule has 0 aromatic heterocycles. The monoisotopic (exact) mass is 214 g/mol. The van der Waals surface area contributed by atoms with Crippen molar-refractivity contribution in [2.24, 2.45) is 21.1 Å². The third-order valence-corrected chi connectivity index (χ3v) is 2.03. The number of nitrogens with one attached hydrogen (secondary N) is 1. The van der Waals surface area contributed by atoms with Gasteiger partial charge in [0.1, 0.15) is 4.62 Å². The summed E-state index contributed by atoms with van der Waals surface area (Å²) in [5.74, 6) is -0.132. The van der Waals surface area contributed by atoms with E-state index in [1.54, 1.807) is 0 Å². The molecule has 0 aromatic rings. The van der Waals surface area contributed by atoms with Gasteiger partial charge in [0.15, 0.2) is 11.8 Å². The van der Waals surface area contributed by atoms with Gasteiger partial charge >= 0.3 is 0 Å². The first-order chi connectivity index (χ1) is 5.29. The van der Waals surface area contributed by atoms with E-state index in [9.17, 15) is 4.79 Å². The Hall–Kier alpha value is -1.04. The molecule has 2 heterocycles. The minimum atomic E-state index is -0.431. The average Bonchev–Trinajstić information content (AvgIpc) is 2.34. The molecule has 0 fully saturated rings. The van der Waals surface area contributed by atoms with Gasteiger partial charge in [0, 0.05) is 0 Å². The smallest absolute Gasteiger partial charge is 0.242 e.